The first-order valence-corrected chi connectivity index (χ1v) is 8.77. The molecule has 0 radical (unpaired) electrons. The van der Waals surface area contributed by atoms with E-state index in [-0.39, 0.29) is 29.7 Å². The maximum atomic E-state index is 11.9. The molecule has 0 aliphatic carbocycles. The predicted molar refractivity (Wildman–Crippen MR) is 97.3 cm³/mol. The molecule has 1 fully saturated rings. The molecule has 1 saturated heterocycles. The summed E-state index contributed by atoms with van der Waals surface area (Å²) in [5.41, 5.74) is 3.87. The number of nitrogen functional groups attached to an aromatic ring is 1. The molecule has 2 aromatic rings. The van der Waals surface area contributed by atoms with Gasteiger partial charge < -0.3 is 24.7 Å². The van der Waals surface area contributed by atoms with E-state index in [4.69, 9.17) is 26.1 Å². The molecule has 0 unspecified atom stereocenters. The standard InChI is InChI=1S/C18H19N5O7/c1-9(24)27-6-13-15(28-10(2)25)16(29-11(3)26)18(7-19,30-13)14-5-4-12-17(20)21-8-22-23(12)14/h4-5,8,13,15-16H,6H2,1-3H3,(H2,20,21,22)/t13-,15-,16-,18+/m1/s1/i4D. The number of rotatable bonds is 5. The topological polar surface area (TPSA) is 168 Å². The van der Waals surface area contributed by atoms with Crippen LogP contribution in [-0.4, -0.2) is 57.4 Å². The zero-order valence-corrected chi connectivity index (χ0v) is 16.3. The van der Waals surface area contributed by atoms with Gasteiger partial charge >= 0.3 is 17.9 Å². The lowest BCUT2D eigenvalue weighted by molar-refractivity contribution is -0.167. The molecule has 12 heteroatoms. The summed E-state index contributed by atoms with van der Waals surface area (Å²) in [6.45, 7) is 3.02. The fraction of sp³-hybridized carbons (Fsp3) is 0.444. The van der Waals surface area contributed by atoms with Crippen molar-refractivity contribution in [3.8, 4) is 6.07 Å². The van der Waals surface area contributed by atoms with E-state index in [1.54, 1.807) is 0 Å². The fourth-order valence-corrected chi connectivity index (χ4v) is 3.29. The fourth-order valence-electron chi connectivity index (χ4n) is 3.29. The van der Waals surface area contributed by atoms with Gasteiger partial charge in [-0.2, -0.15) is 10.4 Å². The average Bonchev–Trinajstić information content (AvgIpc) is 3.17. The molecule has 158 valence electrons. The van der Waals surface area contributed by atoms with E-state index in [0.717, 1.165) is 20.2 Å². The van der Waals surface area contributed by atoms with Gasteiger partial charge in [0.2, 0.25) is 5.60 Å². The molecule has 3 heterocycles. The summed E-state index contributed by atoms with van der Waals surface area (Å²) in [7, 11) is 0. The van der Waals surface area contributed by atoms with Gasteiger partial charge in [0.25, 0.3) is 0 Å². The van der Waals surface area contributed by atoms with Gasteiger partial charge in [-0.1, -0.05) is 0 Å². The number of hydrogen-bond donors (Lipinski definition) is 1. The Labute approximate surface area is 171 Å². The summed E-state index contributed by atoms with van der Waals surface area (Å²) in [6.07, 6.45) is -2.80. The molecule has 0 saturated carbocycles. The van der Waals surface area contributed by atoms with Crippen LogP contribution in [0.5, 0.6) is 0 Å². The van der Waals surface area contributed by atoms with Gasteiger partial charge in [0.15, 0.2) is 18.0 Å². The lowest BCUT2D eigenvalue weighted by Gasteiger charge is -2.28. The number of esters is 3. The second-order valence-electron chi connectivity index (χ2n) is 6.49. The average molecular weight is 418 g/mol. The van der Waals surface area contributed by atoms with Gasteiger partial charge in [-0.3, -0.25) is 14.4 Å². The van der Waals surface area contributed by atoms with Crippen LogP contribution in [0.3, 0.4) is 0 Å². The minimum atomic E-state index is -2.07. The van der Waals surface area contributed by atoms with E-state index >= 15 is 0 Å². The highest BCUT2D eigenvalue weighted by atomic mass is 16.7. The molecule has 0 spiro atoms. The van der Waals surface area contributed by atoms with Crippen molar-refractivity contribution in [2.45, 2.75) is 44.7 Å². The molecule has 1 aliphatic heterocycles. The molecule has 4 atom stereocenters. The van der Waals surface area contributed by atoms with Crippen molar-refractivity contribution in [1.29, 1.82) is 5.26 Å². The van der Waals surface area contributed by atoms with E-state index in [0.29, 0.717) is 0 Å². The van der Waals surface area contributed by atoms with Crippen molar-refractivity contribution < 1.29 is 34.7 Å². The molecule has 2 N–H and O–H groups in total. The van der Waals surface area contributed by atoms with E-state index < -0.39 is 41.8 Å². The summed E-state index contributed by atoms with van der Waals surface area (Å²) >= 11 is 0. The van der Waals surface area contributed by atoms with Crippen LogP contribution < -0.4 is 5.73 Å². The third-order valence-corrected chi connectivity index (χ3v) is 4.39. The Balaban J connectivity index is 2.21. The largest absolute Gasteiger partial charge is 0.463 e. The van der Waals surface area contributed by atoms with Crippen LogP contribution in [0.25, 0.3) is 5.52 Å². The number of carbonyl (C=O) groups excluding carboxylic acids is 3. The number of nitrogens with two attached hydrogens (primary N) is 1. The first-order chi connectivity index (χ1) is 14.6. The minimum absolute atomic E-state index is 0.00201. The van der Waals surface area contributed by atoms with Crippen molar-refractivity contribution in [2.24, 2.45) is 0 Å². The maximum absolute atomic E-state index is 11.9. The van der Waals surface area contributed by atoms with Crippen LogP contribution in [0.2, 0.25) is 0 Å². The molecule has 12 nitrogen and oxygen atoms in total. The molecule has 30 heavy (non-hydrogen) atoms. The number of fused-ring (bicyclic) bond motifs is 1. The van der Waals surface area contributed by atoms with E-state index in [2.05, 4.69) is 10.1 Å². The van der Waals surface area contributed by atoms with Crippen molar-refractivity contribution >= 4 is 29.2 Å². The molecule has 3 rings (SSSR count). The van der Waals surface area contributed by atoms with E-state index in [1.807, 2.05) is 6.07 Å². The normalized spacial score (nSPS) is 25.9. The summed E-state index contributed by atoms with van der Waals surface area (Å²) < 4.78 is 30.9. The second-order valence-corrected chi connectivity index (χ2v) is 6.49. The Kier molecular flexibility index (Phi) is 5.20. The lowest BCUT2D eigenvalue weighted by atomic mass is 9.92. The smallest absolute Gasteiger partial charge is 0.303 e. The lowest BCUT2D eigenvalue weighted by Crippen LogP contribution is -2.45. The Morgan fingerprint density at radius 3 is 2.63 bits per heavy atom. The van der Waals surface area contributed by atoms with Crippen LogP contribution in [0, 0.1) is 11.3 Å². The van der Waals surface area contributed by atoms with Crippen LogP contribution in [0.1, 0.15) is 27.8 Å². The van der Waals surface area contributed by atoms with Gasteiger partial charge in [-0.25, -0.2) is 9.50 Å². The Bertz CT molecular complexity index is 1100. The third kappa shape index (κ3) is 3.62. The molecule has 0 amide bonds. The third-order valence-electron chi connectivity index (χ3n) is 4.39. The Morgan fingerprint density at radius 2 is 2.03 bits per heavy atom. The highest BCUT2D eigenvalue weighted by Crippen LogP contribution is 2.43. The number of nitrogens with zero attached hydrogens (tertiary/aromatic N) is 4. The Hall–Kier alpha value is -3.72. The molecule has 1 aliphatic rings. The monoisotopic (exact) mass is 418 g/mol. The number of anilines is 1. The first-order valence-electron chi connectivity index (χ1n) is 9.27. The first kappa shape index (κ1) is 19.6. The highest BCUT2D eigenvalue weighted by Gasteiger charge is 2.62. The van der Waals surface area contributed by atoms with E-state index in [1.165, 1.54) is 17.5 Å². The second kappa shape index (κ2) is 7.96. The maximum Gasteiger partial charge on any atom is 0.303 e. The summed E-state index contributed by atoms with van der Waals surface area (Å²) in [6, 6.07) is 3.11. The van der Waals surface area contributed by atoms with Crippen LogP contribution >= 0.6 is 0 Å². The number of hydrogen-bond acceptors (Lipinski definition) is 11. The van der Waals surface area contributed by atoms with Crippen LogP contribution in [-0.2, 0) is 38.9 Å². The van der Waals surface area contributed by atoms with Gasteiger partial charge in [0, 0.05) is 20.8 Å². The molecular weight excluding hydrogens is 398 g/mol. The number of carbonyl (C=O) groups is 3. The highest BCUT2D eigenvalue weighted by molar-refractivity contribution is 5.69. The molecule has 0 bridgehead atoms. The quantitative estimate of drug-likeness (QED) is 0.506. The minimum Gasteiger partial charge on any atom is -0.463 e. The van der Waals surface area contributed by atoms with Crippen molar-refractivity contribution in [1.82, 2.24) is 14.6 Å². The molecule has 2 aromatic heterocycles. The molecular formula is C18H19N5O7. The SMILES string of the molecule is [2H]c1cc([C@]2(C#N)O[C@H](COC(C)=O)[C@@H](OC(C)=O)[C@H]2OC(C)=O)n2ncnc(N)c12. The van der Waals surface area contributed by atoms with Gasteiger partial charge in [0.1, 0.15) is 30.6 Å². The zero-order valence-electron chi connectivity index (χ0n) is 17.3. The zero-order chi connectivity index (χ0) is 22.9. The summed E-state index contributed by atoms with van der Waals surface area (Å²) in [5.74, 6) is -2.17. The van der Waals surface area contributed by atoms with Crippen molar-refractivity contribution in [3.05, 3.63) is 24.1 Å². The van der Waals surface area contributed by atoms with Crippen LogP contribution in [0.4, 0.5) is 5.82 Å². The number of ether oxygens (including phenoxy) is 4. The van der Waals surface area contributed by atoms with E-state index in [9.17, 15) is 19.6 Å². The summed E-state index contributed by atoms with van der Waals surface area (Å²) in [5, 5.41) is 14.2. The van der Waals surface area contributed by atoms with Gasteiger partial charge in [-0.15, -0.1) is 0 Å². The van der Waals surface area contributed by atoms with Crippen molar-refractivity contribution in [2.75, 3.05) is 12.3 Å². The van der Waals surface area contributed by atoms with Gasteiger partial charge in [0.05, 0.1) is 7.06 Å². The van der Waals surface area contributed by atoms with Gasteiger partial charge in [-0.05, 0) is 12.1 Å². The Morgan fingerprint density at radius 1 is 1.33 bits per heavy atom. The predicted octanol–water partition coefficient (Wildman–Crippen LogP) is -0.144. The van der Waals surface area contributed by atoms with Crippen LogP contribution in [0.15, 0.2) is 18.4 Å². The number of aromatic nitrogens is 3. The number of nitriles is 1. The summed E-state index contributed by atoms with van der Waals surface area (Å²) in [4.78, 5) is 38.7. The van der Waals surface area contributed by atoms with Crippen molar-refractivity contribution in [3.63, 3.8) is 0 Å². The molecule has 0 aromatic carbocycles.